The maximum atomic E-state index is 12.4. The number of piperidine rings is 1. The summed E-state index contributed by atoms with van der Waals surface area (Å²) in [5.41, 5.74) is 0. The van der Waals surface area contributed by atoms with Crippen molar-refractivity contribution in [1.29, 1.82) is 0 Å². The number of likely N-dealkylation sites (tertiary alicyclic amines) is 1. The molecule has 2 aliphatic carbocycles. The molecule has 0 spiro atoms. The molecule has 0 aromatic carbocycles. The number of cyclic esters (lactones) is 1. The second kappa shape index (κ2) is 7.06. The molecule has 3 heteroatoms. The highest BCUT2D eigenvalue weighted by Gasteiger charge is 2.53. The lowest BCUT2D eigenvalue weighted by Crippen LogP contribution is -2.44. The Morgan fingerprint density at radius 3 is 2.68 bits per heavy atom. The second-order valence-electron chi connectivity index (χ2n) is 9.24. The number of rotatable bonds is 2. The van der Waals surface area contributed by atoms with Gasteiger partial charge in [0.2, 0.25) is 0 Å². The van der Waals surface area contributed by atoms with Gasteiger partial charge in [-0.1, -0.05) is 37.8 Å². The molecular weight excluding hydrogens is 310 g/mol. The van der Waals surface area contributed by atoms with E-state index < -0.39 is 0 Å². The van der Waals surface area contributed by atoms with Crippen LogP contribution in [0.2, 0.25) is 0 Å². The molecular formula is C22H35NO2. The summed E-state index contributed by atoms with van der Waals surface area (Å²) in [7, 11) is 2.27. The number of fused-ring (bicyclic) bond motifs is 2. The number of allylic oxidation sites excluding steroid dienone is 1. The fraction of sp³-hybridized carbons (Fsp3) is 0.864. The zero-order chi connectivity index (χ0) is 17.6. The predicted molar refractivity (Wildman–Crippen MR) is 100 cm³/mol. The van der Waals surface area contributed by atoms with E-state index >= 15 is 0 Å². The highest BCUT2D eigenvalue weighted by molar-refractivity contribution is 5.75. The van der Waals surface area contributed by atoms with Crippen LogP contribution in [0, 0.1) is 29.6 Å². The number of carbonyl (C=O) groups is 1. The van der Waals surface area contributed by atoms with Crippen LogP contribution in [-0.4, -0.2) is 36.1 Å². The Balaban J connectivity index is 1.57. The number of hydrogen-bond acceptors (Lipinski definition) is 3. The van der Waals surface area contributed by atoms with Gasteiger partial charge in [-0.3, -0.25) is 9.69 Å². The van der Waals surface area contributed by atoms with Gasteiger partial charge >= 0.3 is 5.97 Å². The quantitative estimate of drug-likeness (QED) is 0.548. The Morgan fingerprint density at radius 2 is 1.84 bits per heavy atom. The van der Waals surface area contributed by atoms with Crippen LogP contribution in [0.5, 0.6) is 0 Å². The molecule has 0 aromatic heterocycles. The maximum absolute atomic E-state index is 12.4. The molecule has 4 rings (SSSR count). The Kier molecular flexibility index (Phi) is 4.96. The molecule has 8 atom stereocenters. The van der Waals surface area contributed by atoms with Crippen LogP contribution in [0.1, 0.15) is 65.2 Å². The van der Waals surface area contributed by atoms with E-state index in [4.69, 9.17) is 4.74 Å². The highest BCUT2D eigenvalue weighted by Crippen LogP contribution is 2.53. The largest absolute Gasteiger partial charge is 0.462 e. The molecule has 140 valence electrons. The fourth-order valence-corrected chi connectivity index (χ4v) is 6.43. The standard InChI is InChI=1S/C22H35NO2/c1-14-7-6-9-17(23(14)3)11-12-19-18-10-5-4-8-16(18)13-20-21(19)15(2)25-22(20)24/h11-12,14-21H,4-10,13H2,1-3H3/b12-11+/t14-,15-,16+,17+,18?,19+,20-,21+/m0/s1. The number of ether oxygens (including phenoxy) is 1. The maximum Gasteiger partial charge on any atom is 0.309 e. The first-order valence-electron chi connectivity index (χ1n) is 10.7. The smallest absolute Gasteiger partial charge is 0.309 e. The van der Waals surface area contributed by atoms with Crippen molar-refractivity contribution in [1.82, 2.24) is 4.90 Å². The van der Waals surface area contributed by atoms with E-state index in [0.29, 0.717) is 23.9 Å². The summed E-state index contributed by atoms with van der Waals surface area (Å²) in [5.74, 6) is 2.71. The number of hydrogen-bond donors (Lipinski definition) is 0. The fourth-order valence-electron chi connectivity index (χ4n) is 6.43. The molecule has 0 N–H and O–H groups in total. The van der Waals surface area contributed by atoms with E-state index in [0.717, 1.165) is 18.3 Å². The average molecular weight is 346 g/mol. The summed E-state index contributed by atoms with van der Waals surface area (Å²) in [6.07, 6.45) is 15.5. The third-order valence-electron chi connectivity index (χ3n) is 7.97. The summed E-state index contributed by atoms with van der Waals surface area (Å²) < 4.78 is 5.69. The van der Waals surface area contributed by atoms with Gasteiger partial charge in [0.25, 0.3) is 0 Å². The van der Waals surface area contributed by atoms with Gasteiger partial charge in [-0.05, 0) is 64.3 Å². The molecule has 0 bridgehead atoms. The number of likely N-dealkylation sites (N-methyl/N-ethyl adjacent to an activating group) is 1. The zero-order valence-electron chi connectivity index (χ0n) is 16.2. The van der Waals surface area contributed by atoms with E-state index in [2.05, 4.69) is 37.9 Å². The van der Waals surface area contributed by atoms with Crippen molar-refractivity contribution in [3.63, 3.8) is 0 Å². The first-order chi connectivity index (χ1) is 12.1. The van der Waals surface area contributed by atoms with E-state index in [1.54, 1.807) is 0 Å². The summed E-state index contributed by atoms with van der Waals surface area (Å²) in [6, 6.07) is 1.25. The monoisotopic (exact) mass is 345 g/mol. The Hall–Kier alpha value is -0.830. The normalized spacial score (nSPS) is 48.2. The number of esters is 1. The molecule has 1 unspecified atom stereocenters. The molecule has 0 amide bonds. The lowest BCUT2D eigenvalue weighted by Gasteiger charge is -2.46. The van der Waals surface area contributed by atoms with Crippen molar-refractivity contribution in [3.8, 4) is 0 Å². The van der Waals surface area contributed by atoms with Gasteiger partial charge in [-0.15, -0.1) is 0 Å². The lowest BCUT2D eigenvalue weighted by atomic mass is 9.57. The minimum atomic E-state index is 0.0864. The molecule has 4 fully saturated rings. The van der Waals surface area contributed by atoms with E-state index in [9.17, 15) is 4.79 Å². The Labute approximate surface area is 153 Å². The van der Waals surface area contributed by atoms with E-state index in [1.165, 1.54) is 44.9 Å². The van der Waals surface area contributed by atoms with Crippen molar-refractivity contribution < 1.29 is 9.53 Å². The molecule has 2 saturated carbocycles. The zero-order valence-corrected chi connectivity index (χ0v) is 16.2. The van der Waals surface area contributed by atoms with Crippen molar-refractivity contribution >= 4 is 5.97 Å². The minimum absolute atomic E-state index is 0.0864. The third-order valence-corrected chi connectivity index (χ3v) is 7.97. The lowest BCUT2D eigenvalue weighted by molar-refractivity contribution is -0.144. The average Bonchev–Trinajstić information content (AvgIpc) is 2.89. The second-order valence-corrected chi connectivity index (χ2v) is 9.24. The highest BCUT2D eigenvalue weighted by atomic mass is 16.6. The molecule has 2 saturated heterocycles. The first-order valence-corrected chi connectivity index (χ1v) is 10.7. The molecule has 3 nitrogen and oxygen atoms in total. The van der Waals surface area contributed by atoms with Gasteiger partial charge in [0.05, 0.1) is 5.92 Å². The van der Waals surface area contributed by atoms with Crippen LogP contribution in [0.25, 0.3) is 0 Å². The SMILES string of the molecule is C[C@@H]1OC(=O)[C@H]2C[C@H]3CCCCC3[C@@H](/C=C/[C@H]3CCC[C@H](C)N3C)[C@@H]12. The van der Waals surface area contributed by atoms with Crippen molar-refractivity contribution in [2.75, 3.05) is 7.05 Å². The summed E-state index contributed by atoms with van der Waals surface area (Å²) in [5, 5.41) is 0. The van der Waals surface area contributed by atoms with Crippen LogP contribution >= 0.6 is 0 Å². The van der Waals surface area contributed by atoms with Crippen molar-refractivity contribution in [2.45, 2.75) is 83.4 Å². The van der Waals surface area contributed by atoms with E-state index in [-0.39, 0.29) is 18.0 Å². The number of nitrogens with zero attached hydrogens (tertiary/aromatic N) is 1. The Morgan fingerprint density at radius 1 is 1.04 bits per heavy atom. The van der Waals surface area contributed by atoms with Gasteiger partial charge in [0.1, 0.15) is 6.10 Å². The van der Waals surface area contributed by atoms with E-state index in [1.807, 2.05) is 0 Å². The predicted octanol–water partition coefficient (Wildman–Crippen LogP) is 4.42. The topological polar surface area (TPSA) is 29.5 Å². The summed E-state index contributed by atoms with van der Waals surface area (Å²) in [6.45, 7) is 4.47. The van der Waals surface area contributed by atoms with Gasteiger partial charge < -0.3 is 4.74 Å². The summed E-state index contributed by atoms with van der Waals surface area (Å²) >= 11 is 0. The third kappa shape index (κ3) is 3.18. The van der Waals surface area contributed by atoms with Crippen LogP contribution in [0.4, 0.5) is 0 Å². The van der Waals surface area contributed by atoms with Gasteiger partial charge in [0.15, 0.2) is 0 Å². The number of carbonyl (C=O) groups excluding carboxylic acids is 1. The molecule has 0 radical (unpaired) electrons. The first kappa shape index (κ1) is 17.6. The van der Waals surface area contributed by atoms with Gasteiger partial charge in [0, 0.05) is 18.0 Å². The molecule has 0 aromatic rings. The molecule has 2 heterocycles. The van der Waals surface area contributed by atoms with Gasteiger partial charge in [-0.2, -0.15) is 0 Å². The van der Waals surface area contributed by atoms with Crippen LogP contribution in [0.15, 0.2) is 12.2 Å². The summed E-state index contributed by atoms with van der Waals surface area (Å²) in [4.78, 5) is 14.9. The van der Waals surface area contributed by atoms with Gasteiger partial charge in [-0.25, -0.2) is 0 Å². The Bertz CT molecular complexity index is 530. The van der Waals surface area contributed by atoms with Crippen molar-refractivity contribution in [2.24, 2.45) is 29.6 Å². The van der Waals surface area contributed by atoms with Crippen LogP contribution < -0.4 is 0 Å². The minimum Gasteiger partial charge on any atom is -0.462 e. The van der Waals surface area contributed by atoms with Crippen LogP contribution in [-0.2, 0) is 9.53 Å². The van der Waals surface area contributed by atoms with Crippen molar-refractivity contribution in [3.05, 3.63) is 12.2 Å². The molecule has 2 aliphatic heterocycles. The molecule has 25 heavy (non-hydrogen) atoms. The van der Waals surface area contributed by atoms with Crippen LogP contribution in [0.3, 0.4) is 0 Å². The molecule has 4 aliphatic rings.